The molecule has 22 heavy (non-hydrogen) atoms. The van der Waals surface area contributed by atoms with Gasteiger partial charge in [-0.1, -0.05) is 41.9 Å². The SMILES string of the molecule is O=C(/C=C/c1c(Cl)nc2sccn12)NCCc1ccccc1. The molecule has 2 heterocycles. The Morgan fingerprint density at radius 1 is 1.36 bits per heavy atom. The molecule has 0 unspecified atom stereocenters. The van der Waals surface area contributed by atoms with Crippen LogP contribution in [0.2, 0.25) is 5.15 Å². The molecule has 1 N–H and O–H groups in total. The lowest BCUT2D eigenvalue weighted by Gasteiger charge is -2.02. The molecule has 2 aromatic heterocycles. The van der Waals surface area contributed by atoms with E-state index in [1.807, 2.05) is 46.3 Å². The van der Waals surface area contributed by atoms with Crippen molar-refractivity contribution in [1.82, 2.24) is 14.7 Å². The van der Waals surface area contributed by atoms with E-state index in [0.717, 1.165) is 17.1 Å². The molecule has 1 aromatic carbocycles. The summed E-state index contributed by atoms with van der Waals surface area (Å²) >= 11 is 7.57. The number of halogens is 1. The van der Waals surface area contributed by atoms with Crippen LogP contribution in [-0.2, 0) is 11.2 Å². The van der Waals surface area contributed by atoms with Gasteiger partial charge >= 0.3 is 0 Å². The molecule has 0 aliphatic carbocycles. The summed E-state index contributed by atoms with van der Waals surface area (Å²) in [5, 5.41) is 5.19. The molecule has 3 rings (SSSR count). The van der Waals surface area contributed by atoms with Crippen LogP contribution >= 0.6 is 22.9 Å². The molecule has 6 heteroatoms. The zero-order valence-corrected chi connectivity index (χ0v) is 13.3. The predicted octanol–water partition coefficient (Wildman–Crippen LogP) is 3.42. The van der Waals surface area contributed by atoms with E-state index in [1.165, 1.54) is 23.0 Å². The molecule has 4 nitrogen and oxygen atoms in total. The third-order valence-corrected chi connectivity index (χ3v) is 4.24. The Morgan fingerprint density at radius 2 is 2.18 bits per heavy atom. The highest BCUT2D eigenvalue weighted by atomic mass is 35.5. The highest BCUT2D eigenvalue weighted by Crippen LogP contribution is 2.22. The number of rotatable bonds is 5. The maximum absolute atomic E-state index is 11.8. The third-order valence-electron chi connectivity index (χ3n) is 3.20. The van der Waals surface area contributed by atoms with Crippen molar-refractivity contribution in [3.63, 3.8) is 0 Å². The Labute approximate surface area is 137 Å². The average molecular weight is 332 g/mol. The van der Waals surface area contributed by atoms with Crippen LogP contribution in [0.15, 0.2) is 48.0 Å². The number of carbonyl (C=O) groups is 1. The maximum atomic E-state index is 11.8. The molecule has 3 aromatic rings. The van der Waals surface area contributed by atoms with E-state index in [-0.39, 0.29) is 5.91 Å². The largest absolute Gasteiger partial charge is 0.352 e. The van der Waals surface area contributed by atoms with Crippen molar-refractivity contribution in [1.29, 1.82) is 0 Å². The zero-order valence-electron chi connectivity index (χ0n) is 11.7. The molecule has 112 valence electrons. The smallest absolute Gasteiger partial charge is 0.244 e. The van der Waals surface area contributed by atoms with Crippen molar-refractivity contribution in [3.8, 4) is 0 Å². The molecule has 0 radical (unpaired) electrons. The quantitative estimate of drug-likeness (QED) is 0.728. The number of amides is 1. The van der Waals surface area contributed by atoms with Crippen LogP contribution in [0.4, 0.5) is 0 Å². The van der Waals surface area contributed by atoms with Crippen molar-refractivity contribution in [2.75, 3.05) is 6.54 Å². The summed E-state index contributed by atoms with van der Waals surface area (Å²) in [6.45, 7) is 0.598. The Morgan fingerprint density at radius 3 is 3.00 bits per heavy atom. The fourth-order valence-corrected chi connectivity index (χ4v) is 3.12. The van der Waals surface area contributed by atoms with Crippen LogP contribution in [-0.4, -0.2) is 21.8 Å². The van der Waals surface area contributed by atoms with Gasteiger partial charge in [0, 0.05) is 24.2 Å². The van der Waals surface area contributed by atoms with Gasteiger partial charge in [-0.2, -0.15) is 0 Å². The molecular weight excluding hydrogens is 318 g/mol. The lowest BCUT2D eigenvalue weighted by molar-refractivity contribution is -0.116. The number of imidazole rings is 1. The van der Waals surface area contributed by atoms with Gasteiger partial charge in [-0.25, -0.2) is 4.98 Å². The van der Waals surface area contributed by atoms with Gasteiger partial charge in [0.2, 0.25) is 5.91 Å². The van der Waals surface area contributed by atoms with E-state index in [4.69, 9.17) is 11.6 Å². The molecule has 1 amide bonds. The van der Waals surface area contributed by atoms with Crippen molar-refractivity contribution in [2.45, 2.75) is 6.42 Å². The first-order valence-electron chi connectivity index (χ1n) is 6.85. The lowest BCUT2D eigenvalue weighted by Crippen LogP contribution is -2.23. The van der Waals surface area contributed by atoms with Crippen molar-refractivity contribution in [2.24, 2.45) is 0 Å². The van der Waals surface area contributed by atoms with Crippen LogP contribution in [0, 0.1) is 0 Å². The van der Waals surface area contributed by atoms with E-state index in [2.05, 4.69) is 10.3 Å². The minimum absolute atomic E-state index is 0.142. The molecule has 0 spiro atoms. The second-order valence-corrected chi connectivity index (χ2v) is 5.93. The fourth-order valence-electron chi connectivity index (χ4n) is 2.11. The van der Waals surface area contributed by atoms with Gasteiger partial charge < -0.3 is 5.32 Å². The first-order valence-corrected chi connectivity index (χ1v) is 8.10. The lowest BCUT2D eigenvalue weighted by atomic mass is 10.1. The number of nitrogens with zero attached hydrogens (tertiary/aromatic N) is 2. The van der Waals surface area contributed by atoms with Crippen LogP contribution in [0.5, 0.6) is 0 Å². The Balaban J connectivity index is 1.57. The molecule has 0 saturated heterocycles. The summed E-state index contributed by atoms with van der Waals surface area (Å²) in [6.07, 6.45) is 5.86. The summed E-state index contributed by atoms with van der Waals surface area (Å²) in [7, 11) is 0. The van der Waals surface area contributed by atoms with Gasteiger partial charge in [0.1, 0.15) is 0 Å². The summed E-state index contributed by atoms with van der Waals surface area (Å²) < 4.78 is 1.86. The molecular formula is C16H14ClN3OS. The van der Waals surface area contributed by atoms with Gasteiger partial charge in [-0.15, -0.1) is 11.3 Å². The Bertz CT molecular complexity index is 807. The molecule has 0 aliphatic heterocycles. The molecule has 0 saturated carbocycles. The number of thiazole rings is 1. The van der Waals surface area contributed by atoms with E-state index in [9.17, 15) is 4.79 Å². The predicted molar refractivity (Wildman–Crippen MR) is 90.3 cm³/mol. The first-order chi connectivity index (χ1) is 10.7. The third kappa shape index (κ3) is 3.37. The molecule has 0 aliphatic rings. The summed E-state index contributed by atoms with van der Waals surface area (Å²) in [4.78, 5) is 16.9. The van der Waals surface area contributed by atoms with E-state index < -0.39 is 0 Å². The number of aromatic nitrogens is 2. The highest BCUT2D eigenvalue weighted by Gasteiger charge is 2.08. The van der Waals surface area contributed by atoms with E-state index in [1.54, 1.807) is 6.08 Å². The molecule has 0 bridgehead atoms. The number of hydrogen-bond acceptors (Lipinski definition) is 3. The Hall–Kier alpha value is -2.11. The van der Waals surface area contributed by atoms with E-state index >= 15 is 0 Å². The number of hydrogen-bond donors (Lipinski definition) is 1. The first kappa shape index (κ1) is 14.8. The normalized spacial score (nSPS) is 11.3. The van der Waals surface area contributed by atoms with Crippen LogP contribution in [0.1, 0.15) is 11.3 Å². The molecule has 0 atom stereocenters. The second kappa shape index (κ2) is 6.77. The van der Waals surface area contributed by atoms with Crippen LogP contribution < -0.4 is 5.32 Å². The van der Waals surface area contributed by atoms with Gasteiger partial charge in [-0.3, -0.25) is 9.20 Å². The molecule has 0 fully saturated rings. The average Bonchev–Trinajstić information content (AvgIpc) is 3.07. The van der Waals surface area contributed by atoms with Crippen LogP contribution in [0.3, 0.4) is 0 Å². The monoisotopic (exact) mass is 331 g/mol. The van der Waals surface area contributed by atoms with Gasteiger partial charge in [0.15, 0.2) is 10.1 Å². The van der Waals surface area contributed by atoms with Gasteiger partial charge in [-0.05, 0) is 18.1 Å². The maximum Gasteiger partial charge on any atom is 0.244 e. The van der Waals surface area contributed by atoms with Gasteiger partial charge in [0.25, 0.3) is 0 Å². The Kier molecular flexibility index (Phi) is 4.56. The van der Waals surface area contributed by atoms with Crippen LogP contribution in [0.25, 0.3) is 11.0 Å². The van der Waals surface area contributed by atoms with Gasteiger partial charge in [0.05, 0.1) is 5.69 Å². The zero-order chi connectivity index (χ0) is 15.4. The second-order valence-electron chi connectivity index (χ2n) is 4.70. The highest BCUT2D eigenvalue weighted by molar-refractivity contribution is 7.15. The minimum atomic E-state index is -0.142. The summed E-state index contributed by atoms with van der Waals surface area (Å²) in [6, 6.07) is 10.0. The standard InChI is InChI=1S/C16H14ClN3OS/c17-15-13(20-10-11-22-16(20)19-15)6-7-14(21)18-9-8-12-4-2-1-3-5-12/h1-7,10-11H,8-9H2,(H,18,21)/b7-6+. The fraction of sp³-hybridized carbons (Fsp3) is 0.125. The summed E-state index contributed by atoms with van der Waals surface area (Å²) in [5.41, 5.74) is 1.92. The topological polar surface area (TPSA) is 46.4 Å². The van der Waals surface area contributed by atoms with Crippen molar-refractivity contribution < 1.29 is 4.79 Å². The van der Waals surface area contributed by atoms with Crippen molar-refractivity contribution >= 4 is 39.9 Å². The van der Waals surface area contributed by atoms with E-state index in [0.29, 0.717) is 11.7 Å². The minimum Gasteiger partial charge on any atom is -0.352 e. The van der Waals surface area contributed by atoms with Crippen molar-refractivity contribution in [3.05, 3.63) is 64.4 Å². The number of benzene rings is 1. The number of nitrogens with one attached hydrogen (secondary N) is 1. The summed E-state index contributed by atoms with van der Waals surface area (Å²) in [5.74, 6) is -0.142. The number of fused-ring (bicyclic) bond motifs is 1. The number of carbonyl (C=O) groups excluding carboxylic acids is 1.